The summed E-state index contributed by atoms with van der Waals surface area (Å²) in [4.78, 5) is 11.1. The van der Waals surface area contributed by atoms with E-state index in [0.29, 0.717) is 24.8 Å². The molecule has 18 heavy (non-hydrogen) atoms. The van der Waals surface area contributed by atoms with Crippen LogP contribution in [0.1, 0.15) is 19.8 Å². The second-order valence-corrected chi connectivity index (χ2v) is 7.71. The molecule has 6 nitrogen and oxygen atoms in total. The quantitative estimate of drug-likeness (QED) is 0.816. The number of piperidine rings is 1. The van der Waals surface area contributed by atoms with Gasteiger partial charge in [-0.3, -0.25) is 4.79 Å². The highest BCUT2D eigenvalue weighted by molar-refractivity contribution is 8.00. The van der Waals surface area contributed by atoms with E-state index in [1.807, 2.05) is 0 Å². The van der Waals surface area contributed by atoms with E-state index in [-0.39, 0.29) is 5.88 Å². The molecule has 0 radical (unpaired) electrons. The number of hydrogen-bond acceptors (Lipinski definition) is 4. The lowest BCUT2D eigenvalue weighted by Gasteiger charge is -2.33. The molecule has 2 fully saturated rings. The third-order valence-corrected chi connectivity index (χ3v) is 6.66. The number of carboxylic acid groups (broad SMARTS) is 1. The first-order valence-electron chi connectivity index (χ1n) is 6.00. The highest BCUT2D eigenvalue weighted by Gasteiger charge is 2.42. The zero-order chi connectivity index (χ0) is 13.3. The maximum atomic E-state index is 12.4. The zero-order valence-electron chi connectivity index (χ0n) is 10.3. The molecule has 0 amide bonds. The van der Waals surface area contributed by atoms with Crippen LogP contribution in [-0.4, -0.2) is 58.9 Å². The highest BCUT2D eigenvalue weighted by atomic mass is 32.2. The minimum absolute atomic E-state index is 0.241. The summed E-state index contributed by atoms with van der Waals surface area (Å²) in [6.45, 7) is 3.10. The van der Waals surface area contributed by atoms with Crippen molar-refractivity contribution in [1.82, 2.24) is 8.61 Å². The maximum absolute atomic E-state index is 12.4. The molecular weight excluding hydrogens is 276 g/mol. The Kier molecular flexibility index (Phi) is 4.20. The topological polar surface area (TPSA) is 77.9 Å². The predicted octanol–water partition coefficient (Wildman–Crippen LogP) is 0.423. The van der Waals surface area contributed by atoms with Gasteiger partial charge in [-0.05, 0) is 18.8 Å². The molecule has 2 rings (SSSR count). The molecule has 0 bridgehead atoms. The number of carbonyl (C=O) groups is 1. The first kappa shape index (κ1) is 14.1. The second-order valence-electron chi connectivity index (χ2n) is 4.83. The summed E-state index contributed by atoms with van der Waals surface area (Å²) in [5.41, 5.74) is 0. The Morgan fingerprint density at radius 2 is 1.94 bits per heavy atom. The van der Waals surface area contributed by atoms with Crippen LogP contribution in [-0.2, 0) is 15.0 Å². The normalized spacial score (nSPS) is 28.6. The van der Waals surface area contributed by atoms with Gasteiger partial charge in [0.1, 0.15) is 6.04 Å². The standard InChI is InChI=1S/C10H18N2O4S2/c1-8-2-4-11(5-3-8)18(15,16)12-7-17-6-9(12)10(13)14/h8-9H,2-7H2,1H3,(H,13,14). The van der Waals surface area contributed by atoms with Gasteiger partial charge in [0.25, 0.3) is 10.2 Å². The van der Waals surface area contributed by atoms with Crippen LogP contribution in [0, 0.1) is 5.92 Å². The Morgan fingerprint density at radius 1 is 1.33 bits per heavy atom. The summed E-state index contributed by atoms with van der Waals surface area (Å²) in [6, 6.07) is -0.917. The SMILES string of the molecule is CC1CCN(S(=O)(=O)N2CSCC2C(=O)O)CC1. The van der Waals surface area contributed by atoms with E-state index < -0.39 is 22.2 Å². The van der Waals surface area contributed by atoms with Crippen LogP contribution in [0.2, 0.25) is 0 Å². The van der Waals surface area contributed by atoms with Crippen LogP contribution in [0.4, 0.5) is 0 Å². The Morgan fingerprint density at radius 3 is 2.50 bits per heavy atom. The summed E-state index contributed by atoms with van der Waals surface area (Å²) in [7, 11) is -3.61. The summed E-state index contributed by atoms with van der Waals surface area (Å²) < 4.78 is 27.3. The molecule has 1 unspecified atom stereocenters. The first-order valence-corrected chi connectivity index (χ1v) is 8.55. The Labute approximate surface area is 112 Å². The number of hydrogen-bond donors (Lipinski definition) is 1. The van der Waals surface area contributed by atoms with Gasteiger partial charge in [0.15, 0.2) is 0 Å². The first-order chi connectivity index (χ1) is 8.43. The zero-order valence-corrected chi connectivity index (χ0v) is 11.9. The average Bonchev–Trinajstić information content (AvgIpc) is 2.79. The Hall–Kier alpha value is -0.310. The fraction of sp³-hybridized carbons (Fsp3) is 0.900. The van der Waals surface area contributed by atoms with Gasteiger partial charge in [-0.15, -0.1) is 11.8 Å². The van der Waals surface area contributed by atoms with E-state index in [4.69, 9.17) is 5.11 Å². The van der Waals surface area contributed by atoms with Gasteiger partial charge in [0.05, 0.1) is 5.88 Å². The molecule has 0 spiro atoms. The molecule has 2 heterocycles. The third-order valence-electron chi connectivity index (χ3n) is 3.49. The number of thioether (sulfide) groups is 1. The molecule has 1 N–H and O–H groups in total. The molecule has 2 saturated heterocycles. The Bertz CT molecular complexity index is 418. The van der Waals surface area contributed by atoms with E-state index in [2.05, 4.69) is 6.92 Å². The van der Waals surface area contributed by atoms with Crippen molar-refractivity contribution in [3.8, 4) is 0 Å². The van der Waals surface area contributed by atoms with E-state index >= 15 is 0 Å². The molecule has 2 aliphatic rings. The van der Waals surface area contributed by atoms with Crippen molar-refractivity contribution < 1.29 is 18.3 Å². The predicted molar refractivity (Wildman–Crippen MR) is 69.5 cm³/mol. The van der Waals surface area contributed by atoms with Crippen molar-refractivity contribution in [1.29, 1.82) is 0 Å². The van der Waals surface area contributed by atoms with Gasteiger partial charge < -0.3 is 5.11 Å². The van der Waals surface area contributed by atoms with Crippen molar-refractivity contribution in [2.75, 3.05) is 24.7 Å². The van der Waals surface area contributed by atoms with Crippen molar-refractivity contribution in [3.05, 3.63) is 0 Å². The van der Waals surface area contributed by atoms with Crippen LogP contribution < -0.4 is 0 Å². The van der Waals surface area contributed by atoms with E-state index in [1.54, 1.807) is 0 Å². The number of rotatable bonds is 3. The van der Waals surface area contributed by atoms with Crippen LogP contribution in [0.25, 0.3) is 0 Å². The molecule has 8 heteroatoms. The van der Waals surface area contributed by atoms with Gasteiger partial charge in [-0.25, -0.2) is 0 Å². The van der Waals surface area contributed by atoms with Gasteiger partial charge in [-0.2, -0.15) is 17.0 Å². The fourth-order valence-corrected chi connectivity index (χ4v) is 5.53. The highest BCUT2D eigenvalue weighted by Crippen LogP contribution is 2.28. The number of aliphatic carboxylic acids is 1. The van der Waals surface area contributed by atoms with E-state index in [0.717, 1.165) is 17.1 Å². The minimum atomic E-state index is -3.61. The molecule has 1 atom stereocenters. The molecule has 0 saturated carbocycles. The lowest BCUT2D eigenvalue weighted by Crippen LogP contribution is -2.51. The van der Waals surface area contributed by atoms with Crippen molar-refractivity contribution in [2.24, 2.45) is 5.92 Å². The monoisotopic (exact) mass is 294 g/mol. The second kappa shape index (κ2) is 5.36. The van der Waals surface area contributed by atoms with Crippen molar-refractivity contribution >= 4 is 27.9 Å². The van der Waals surface area contributed by atoms with Gasteiger partial charge in [-0.1, -0.05) is 6.92 Å². The van der Waals surface area contributed by atoms with Gasteiger partial charge >= 0.3 is 5.97 Å². The van der Waals surface area contributed by atoms with Gasteiger partial charge in [0.2, 0.25) is 0 Å². The molecule has 0 aromatic rings. The molecular formula is C10H18N2O4S2. The molecule has 2 aliphatic heterocycles. The molecule has 0 aromatic heterocycles. The van der Waals surface area contributed by atoms with Crippen LogP contribution in [0.3, 0.4) is 0 Å². The molecule has 0 aromatic carbocycles. The number of carboxylic acids is 1. The van der Waals surface area contributed by atoms with Crippen LogP contribution in [0.15, 0.2) is 0 Å². The smallest absolute Gasteiger partial charge is 0.322 e. The average molecular weight is 294 g/mol. The van der Waals surface area contributed by atoms with Crippen molar-refractivity contribution in [2.45, 2.75) is 25.8 Å². The minimum Gasteiger partial charge on any atom is -0.480 e. The third kappa shape index (κ3) is 2.66. The van der Waals surface area contributed by atoms with Crippen LogP contribution in [0.5, 0.6) is 0 Å². The summed E-state index contributed by atoms with van der Waals surface area (Å²) in [5.74, 6) is 0.0538. The molecule has 104 valence electrons. The lowest BCUT2D eigenvalue weighted by atomic mass is 10.0. The van der Waals surface area contributed by atoms with E-state index in [9.17, 15) is 13.2 Å². The van der Waals surface area contributed by atoms with Crippen molar-refractivity contribution in [3.63, 3.8) is 0 Å². The Balaban J connectivity index is 2.13. The lowest BCUT2D eigenvalue weighted by molar-refractivity contribution is -0.140. The summed E-state index contributed by atoms with van der Waals surface area (Å²) >= 11 is 1.35. The van der Waals surface area contributed by atoms with Crippen LogP contribution >= 0.6 is 11.8 Å². The van der Waals surface area contributed by atoms with E-state index in [1.165, 1.54) is 16.1 Å². The summed E-state index contributed by atoms with van der Waals surface area (Å²) in [5, 5.41) is 9.05. The van der Waals surface area contributed by atoms with Gasteiger partial charge in [0, 0.05) is 18.8 Å². The number of nitrogens with zero attached hydrogens (tertiary/aromatic N) is 2. The fourth-order valence-electron chi connectivity index (χ4n) is 2.21. The maximum Gasteiger partial charge on any atom is 0.322 e. The molecule has 0 aliphatic carbocycles. The summed E-state index contributed by atoms with van der Waals surface area (Å²) in [6.07, 6.45) is 1.69. The largest absolute Gasteiger partial charge is 0.480 e.